The maximum Gasteiger partial charge on any atom is 0.295 e. The van der Waals surface area contributed by atoms with E-state index < -0.39 is 17.7 Å². The molecule has 1 heterocycles. The summed E-state index contributed by atoms with van der Waals surface area (Å²) < 4.78 is 16.7. The molecule has 0 aromatic heterocycles. The Morgan fingerprint density at radius 2 is 1.77 bits per heavy atom. The summed E-state index contributed by atoms with van der Waals surface area (Å²) in [5.74, 6) is -0.0689. The molecule has 0 radical (unpaired) electrons. The number of amides is 1. The number of hydrogen-bond donors (Lipinski definition) is 1. The number of likely N-dealkylation sites (tertiary alicyclic amines) is 1. The van der Waals surface area contributed by atoms with E-state index in [9.17, 15) is 14.7 Å². The molecule has 0 bridgehead atoms. The molecular weight excluding hydrogens is 448 g/mol. The molecule has 188 valence electrons. The van der Waals surface area contributed by atoms with E-state index in [-0.39, 0.29) is 11.3 Å². The number of carbonyl (C=O) groups is 2. The lowest BCUT2D eigenvalue weighted by Crippen LogP contribution is -2.32. The number of carbonyl (C=O) groups excluding carboxylic acids is 2. The molecule has 1 aliphatic heterocycles. The van der Waals surface area contributed by atoms with Gasteiger partial charge in [-0.1, -0.05) is 19.1 Å². The van der Waals surface area contributed by atoms with Gasteiger partial charge in [-0.15, -0.1) is 0 Å². The van der Waals surface area contributed by atoms with E-state index in [1.54, 1.807) is 42.5 Å². The van der Waals surface area contributed by atoms with Crippen LogP contribution in [0.25, 0.3) is 5.76 Å². The van der Waals surface area contributed by atoms with Gasteiger partial charge < -0.3 is 29.1 Å². The zero-order chi connectivity index (χ0) is 25.5. The molecule has 2 aromatic rings. The van der Waals surface area contributed by atoms with E-state index in [1.165, 1.54) is 19.1 Å². The van der Waals surface area contributed by atoms with Crippen LogP contribution in [-0.2, 0) is 9.59 Å². The van der Waals surface area contributed by atoms with Crippen molar-refractivity contribution in [1.29, 1.82) is 0 Å². The largest absolute Gasteiger partial charge is 0.507 e. The van der Waals surface area contributed by atoms with Gasteiger partial charge in [0, 0.05) is 17.7 Å². The first-order valence-electron chi connectivity index (χ1n) is 11.7. The Kier molecular flexibility index (Phi) is 8.76. The lowest BCUT2D eigenvalue weighted by Gasteiger charge is -2.27. The molecule has 1 unspecified atom stereocenters. The van der Waals surface area contributed by atoms with Gasteiger partial charge in [0.1, 0.15) is 11.5 Å². The maximum absolute atomic E-state index is 13.3. The number of aliphatic hydroxyl groups excluding tert-OH is 1. The molecule has 0 aliphatic carbocycles. The van der Waals surface area contributed by atoms with Gasteiger partial charge in [-0.3, -0.25) is 9.59 Å². The second kappa shape index (κ2) is 11.8. The Balaban J connectivity index is 2.12. The van der Waals surface area contributed by atoms with Crippen LogP contribution >= 0.6 is 0 Å². The normalized spacial score (nSPS) is 17.2. The molecule has 0 spiro atoms. The van der Waals surface area contributed by atoms with Crippen LogP contribution in [-0.4, -0.2) is 74.6 Å². The van der Waals surface area contributed by atoms with Gasteiger partial charge >= 0.3 is 0 Å². The van der Waals surface area contributed by atoms with Gasteiger partial charge in [0.15, 0.2) is 11.5 Å². The highest BCUT2D eigenvalue weighted by atomic mass is 16.5. The number of rotatable bonds is 11. The number of hydrogen-bond acceptors (Lipinski definition) is 7. The standard InChI is InChI=1S/C27H34N2O6/c1-6-17-35-19-13-11-18(12-14-19)24(30)22-23(20-9-7-10-21(33-4)26(20)34-5)29(27(32)25(22)31)16-8-15-28(2)3/h7,9-14,23,30H,6,8,15-17H2,1-5H3/b24-22-. The van der Waals surface area contributed by atoms with Crippen molar-refractivity contribution < 1.29 is 28.9 Å². The van der Waals surface area contributed by atoms with E-state index in [2.05, 4.69) is 0 Å². The smallest absolute Gasteiger partial charge is 0.295 e. The molecule has 8 heteroatoms. The van der Waals surface area contributed by atoms with Gasteiger partial charge in [-0.2, -0.15) is 0 Å². The monoisotopic (exact) mass is 482 g/mol. The van der Waals surface area contributed by atoms with Crippen LogP contribution in [0.2, 0.25) is 0 Å². The van der Waals surface area contributed by atoms with Crippen molar-refractivity contribution in [2.45, 2.75) is 25.8 Å². The average Bonchev–Trinajstić information content (AvgIpc) is 3.11. The Labute approximate surface area is 206 Å². The topological polar surface area (TPSA) is 88.5 Å². The molecule has 1 N–H and O–H groups in total. The van der Waals surface area contributed by atoms with Crippen LogP contribution in [0.15, 0.2) is 48.0 Å². The summed E-state index contributed by atoms with van der Waals surface area (Å²) in [6.45, 7) is 3.68. The third kappa shape index (κ3) is 5.59. The first-order chi connectivity index (χ1) is 16.8. The molecule has 35 heavy (non-hydrogen) atoms. The molecule has 1 saturated heterocycles. The summed E-state index contributed by atoms with van der Waals surface area (Å²) in [6.07, 6.45) is 1.54. The summed E-state index contributed by atoms with van der Waals surface area (Å²) in [5, 5.41) is 11.3. The first-order valence-corrected chi connectivity index (χ1v) is 11.7. The van der Waals surface area contributed by atoms with Crippen LogP contribution in [0.4, 0.5) is 0 Å². The number of ether oxygens (including phenoxy) is 3. The number of ketones is 1. The summed E-state index contributed by atoms with van der Waals surface area (Å²) in [6, 6.07) is 11.3. The zero-order valence-electron chi connectivity index (χ0n) is 21.0. The fourth-order valence-corrected chi connectivity index (χ4v) is 4.20. The van der Waals surface area contributed by atoms with E-state index in [0.29, 0.717) is 47.9 Å². The van der Waals surface area contributed by atoms with Crippen LogP contribution < -0.4 is 14.2 Å². The van der Waals surface area contributed by atoms with Crippen LogP contribution in [0.1, 0.15) is 36.9 Å². The van der Waals surface area contributed by atoms with Crippen molar-refractivity contribution >= 4 is 17.4 Å². The molecule has 3 rings (SSSR count). The summed E-state index contributed by atoms with van der Waals surface area (Å²) in [4.78, 5) is 29.9. The number of Topliss-reactive ketones (excluding diaryl/α,β-unsaturated/α-hetero) is 1. The zero-order valence-corrected chi connectivity index (χ0v) is 21.0. The number of nitrogens with zero attached hydrogens (tertiary/aromatic N) is 2. The SMILES string of the molecule is CCCOc1ccc(/C(O)=C2/C(=O)C(=O)N(CCCN(C)C)C2c2cccc(OC)c2OC)cc1. The van der Waals surface area contributed by atoms with Crippen LogP contribution in [0, 0.1) is 0 Å². The lowest BCUT2D eigenvalue weighted by molar-refractivity contribution is -0.140. The van der Waals surface area contributed by atoms with Gasteiger partial charge in [-0.05, 0) is 63.8 Å². The summed E-state index contributed by atoms with van der Waals surface area (Å²) in [7, 11) is 6.93. The molecule has 1 aliphatic rings. The third-order valence-electron chi connectivity index (χ3n) is 5.87. The number of methoxy groups -OCH3 is 2. The van der Waals surface area contributed by atoms with Crippen molar-refractivity contribution in [3.8, 4) is 17.2 Å². The summed E-state index contributed by atoms with van der Waals surface area (Å²) >= 11 is 0. The molecule has 0 saturated carbocycles. The average molecular weight is 483 g/mol. The Morgan fingerprint density at radius 1 is 1.06 bits per heavy atom. The highest BCUT2D eigenvalue weighted by molar-refractivity contribution is 6.46. The minimum atomic E-state index is -0.821. The van der Waals surface area contributed by atoms with E-state index in [4.69, 9.17) is 14.2 Å². The predicted octanol–water partition coefficient (Wildman–Crippen LogP) is 3.87. The minimum Gasteiger partial charge on any atom is -0.507 e. The van der Waals surface area contributed by atoms with Crippen LogP contribution in [0.3, 0.4) is 0 Å². The number of aliphatic hydroxyl groups is 1. The van der Waals surface area contributed by atoms with Crippen molar-refractivity contribution in [1.82, 2.24) is 9.80 Å². The number of para-hydroxylation sites is 1. The highest BCUT2D eigenvalue weighted by Crippen LogP contribution is 2.45. The fourth-order valence-electron chi connectivity index (χ4n) is 4.20. The minimum absolute atomic E-state index is 0.0219. The quantitative estimate of drug-likeness (QED) is 0.296. The summed E-state index contributed by atoms with van der Waals surface area (Å²) in [5.41, 5.74) is 1.01. The van der Waals surface area contributed by atoms with E-state index in [1.807, 2.05) is 25.9 Å². The predicted molar refractivity (Wildman–Crippen MR) is 134 cm³/mol. The van der Waals surface area contributed by atoms with Gasteiger partial charge in [-0.25, -0.2) is 0 Å². The maximum atomic E-state index is 13.3. The molecule has 1 amide bonds. The molecule has 2 aromatic carbocycles. The second-order valence-electron chi connectivity index (χ2n) is 8.60. The van der Waals surface area contributed by atoms with Crippen molar-refractivity contribution in [3.05, 3.63) is 59.2 Å². The van der Waals surface area contributed by atoms with Crippen molar-refractivity contribution in [2.24, 2.45) is 0 Å². The van der Waals surface area contributed by atoms with Gasteiger partial charge in [0.2, 0.25) is 0 Å². The fraction of sp³-hybridized carbons (Fsp3) is 0.407. The highest BCUT2D eigenvalue weighted by Gasteiger charge is 2.47. The van der Waals surface area contributed by atoms with E-state index in [0.717, 1.165) is 13.0 Å². The van der Waals surface area contributed by atoms with Crippen LogP contribution in [0.5, 0.6) is 17.2 Å². The van der Waals surface area contributed by atoms with Gasteiger partial charge in [0.25, 0.3) is 11.7 Å². The Hall–Kier alpha value is -3.52. The number of benzene rings is 2. The third-order valence-corrected chi connectivity index (χ3v) is 5.87. The first kappa shape index (κ1) is 26.1. The molecule has 1 atom stereocenters. The lowest BCUT2D eigenvalue weighted by atomic mass is 9.94. The molecule has 1 fully saturated rings. The Morgan fingerprint density at radius 3 is 2.37 bits per heavy atom. The molecule has 8 nitrogen and oxygen atoms in total. The second-order valence-corrected chi connectivity index (χ2v) is 8.60. The van der Waals surface area contributed by atoms with Crippen molar-refractivity contribution in [3.63, 3.8) is 0 Å². The van der Waals surface area contributed by atoms with E-state index >= 15 is 0 Å². The van der Waals surface area contributed by atoms with Gasteiger partial charge in [0.05, 0.1) is 32.4 Å². The Bertz CT molecular complexity index is 1080. The molecular formula is C27H34N2O6. The van der Waals surface area contributed by atoms with Crippen molar-refractivity contribution in [2.75, 3.05) is 48.0 Å².